The average molecular weight is 236 g/mol. The van der Waals surface area contributed by atoms with Crippen LogP contribution in [-0.2, 0) is 11.5 Å². The highest BCUT2D eigenvalue weighted by Crippen LogP contribution is 2.27. The molecule has 0 atom stereocenters. The molecule has 0 spiro atoms. The van der Waals surface area contributed by atoms with Gasteiger partial charge in [0, 0.05) is 28.0 Å². The minimum atomic E-state index is 0.0196. The lowest BCUT2D eigenvalue weighted by atomic mass is 10.2. The molecule has 0 aliphatic carbocycles. The maximum Gasteiger partial charge on any atom is 0.255 e. The molecule has 0 saturated heterocycles. The first-order valence-electron chi connectivity index (χ1n) is 4.57. The minimum Gasteiger partial charge on any atom is -0.306 e. The van der Waals surface area contributed by atoms with Crippen molar-refractivity contribution in [1.29, 1.82) is 0 Å². The summed E-state index contributed by atoms with van der Waals surface area (Å²) in [5, 5.41) is 3.98. The smallest absolute Gasteiger partial charge is 0.255 e. The summed E-state index contributed by atoms with van der Waals surface area (Å²) in [4.78, 5) is 19.0. The van der Waals surface area contributed by atoms with Crippen LogP contribution in [0.1, 0.15) is 11.3 Å². The van der Waals surface area contributed by atoms with E-state index in [-0.39, 0.29) is 5.56 Å². The third-order valence-electron chi connectivity index (χ3n) is 2.38. The molecular weight excluding hydrogens is 228 g/mol. The second kappa shape index (κ2) is 3.50. The lowest BCUT2D eigenvalue weighted by Gasteiger charge is -2.00. The average Bonchev–Trinajstić information content (AvgIpc) is 2.88. The molecule has 0 fully saturated rings. The molecule has 0 aromatic carbocycles. The highest BCUT2D eigenvalue weighted by molar-refractivity contribution is 7.98. The summed E-state index contributed by atoms with van der Waals surface area (Å²) < 4.78 is 0. The lowest BCUT2D eigenvalue weighted by Crippen LogP contribution is -2.14. The van der Waals surface area contributed by atoms with Crippen LogP contribution < -0.4 is 5.56 Å². The molecule has 1 aliphatic heterocycles. The molecule has 3 heterocycles. The molecule has 76 valence electrons. The van der Waals surface area contributed by atoms with E-state index in [1.807, 2.05) is 16.8 Å². The number of aromatic amines is 1. The molecule has 2 aromatic rings. The predicted octanol–water partition coefficient (Wildman–Crippen LogP) is 2.25. The molecule has 0 bridgehead atoms. The van der Waals surface area contributed by atoms with Crippen molar-refractivity contribution in [2.75, 3.05) is 0 Å². The van der Waals surface area contributed by atoms with Crippen molar-refractivity contribution in [1.82, 2.24) is 9.97 Å². The van der Waals surface area contributed by atoms with Gasteiger partial charge in [0.15, 0.2) is 0 Å². The second-order valence-corrected chi connectivity index (χ2v) is 5.11. The lowest BCUT2D eigenvalue weighted by molar-refractivity contribution is 1.04. The Morgan fingerprint density at radius 2 is 2.33 bits per heavy atom. The molecule has 2 aromatic heterocycles. The zero-order valence-corrected chi connectivity index (χ0v) is 9.45. The quantitative estimate of drug-likeness (QED) is 0.826. The number of rotatable bonds is 1. The molecule has 0 saturated carbocycles. The van der Waals surface area contributed by atoms with Crippen molar-refractivity contribution >= 4 is 23.1 Å². The number of fused-ring (bicyclic) bond motifs is 1. The van der Waals surface area contributed by atoms with Crippen molar-refractivity contribution in [2.24, 2.45) is 0 Å². The number of nitrogens with zero attached hydrogens (tertiary/aromatic N) is 1. The van der Waals surface area contributed by atoms with Gasteiger partial charge in [-0.2, -0.15) is 23.1 Å². The Morgan fingerprint density at radius 3 is 3.13 bits per heavy atom. The zero-order chi connectivity index (χ0) is 10.3. The van der Waals surface area contributed by atoms with Crippen LogP contribution in [0, 0.1) is 0 Å². The largest absolute Gasteiger partial charge is 0.306 e. The number of thiophene rings is 1. The van der Waals surface area contributed by atoms with E-state index in [4.69, 9.17) is 0 Å². The molecular formula is C10H8N2OS2. The zero-order valence-electron chi connectivity index (χ0n) is 7.82. The number of hydrogen-bond acceptors (Lipinski definition) is 4. The van der Waals surface area contributed by atoms with Gasteiger partial charge in [0.1, 0.15) is 5.82 Å². The molecule has 15 heavy (non-hydrogen) atoms. The Balaban J connectivity index is 2.20. The molecule has 5 heteroatoms. The normalized spacial score (nSPS) is 14.1. The molecule has 1 N–H and O–H groups in total. The third-order valence-corrected chi connectivity index (χ3v) is 4.03. The van der Waals surface area contributed by atoms with E-state index < -0.39 is 0 Å². The molecule has 3 rings (SSSR count). The molecule has 1 aliphatic rings. The van der Waals surface area contributed by atoms with E-state index in [1.54, 1.807) is 23.1 Å². The third kappa shape index (κ3) is 1.52. The first-order chi connectivity index (χ1) is 7.34. The highest BCUT2D eigenvalue weighted by atomic mass is 32.2. The van der Waals surface area contributed by atoms with E-state index in [0.29, 0.717) is 5.82 Å². The van der Waals surface area contributed by atoms with Gasteiger partial charge in [-0.3, -0.25) is 4.79 Å². The molecule has 0 amide bonds. The van der Waals surface area contributed by atoms with Crippen LogP contribution in [0.25, 0.3) is 11.4 Å². The van der Waals surface area contributed by atoms with Crippen molar-refractivity contribution in [3.8, 4) is 11.4 Å². The van der Waals surface area contributed by atoms with Crippen LogP contribution in [0.3, 0.4) is 0 Å². The maximum absolute atomic E-state index is 11.7. The summed E-state index contributed by atoms with van der Waals surface area (Å²) in [6.07, 6.45) is 0. The number of H-pyrrole nitrogens is 1. The van der Waals surface area contributed by atoms with Crippen molar-refractivity contribution < 1.29 is 0 Å². The van der Waals surface area contributed by atoms with Gasteiger partial charge in [-0.05, 0) is 11.4 Å². The van der Waals surface area contributed by atoms with E-state index >= 15 is 0 Å². The van der Waals surface area contributed by atoms with Crippen LogP contribution >= 0.6 is 23.1 Å². The molecule has 0 unspecified atom stereocenters. The van der Waals surface area contributed by atoms with Crippen molar-refractivity contribution in [3.05, 3.63) is 38.4 Å². The Labute approximate surface area is 94.6 Å². The Kier molecular flexibility index (Phi) is 2.14. The maximum atomic E-state index is 11.7. The summed E-state index contributed by atoms with van der Waals surface area (Å²) in [7, 11) is 0. The first-order valence-corrected chi connectivity index (χ1v) is 6.67. The number of aromatic nitrogens is 2. The van der Waals surface area contributed by atoms with Crippen molar-refractivity contribution in [3.63, 3.8) is 0 Å². The van der Waals surface area contributed by atoms with Gasteiger partial charge in [-0.15, -0.1) is 0 Å². The van der Waals surface area contributed by atoms with Gasteiger partial charge in [0.2, 0.25) is 0 Å². The number of thioether (sulfide) groups is 1. The topological polar surface area (TPSA) is 45.8 Å². The monoisotopic (exact) mass is 236 g/mol. The van der Waals surface area contributed by atoms with Gasteiger partial charge in [0.05, 0.1) is 5.69 Å². The van der Waals surface area contributed by atoms with E-state index in [2.05, 4.69) is 9.97 Å². The van der Waals surface area contributed by atoms with E-state index in [0.717, 1.165) is 28.3 Å². The fraction of sp³-hybridized carbons (Fsp3) is 0.200. The van der Waals surface area contributed by atoms with Crippen LogP contribution in [0.2, 0.25) is 0 Å². The summed E-state index contributed by atoms with van der Waals surface area (Å²) >= 11 is 3.35. The number of hydrogen-bond donors (Lipinski definition) is 1. The van der Waals surface area contributed by atoms with Crippen LogP contribution in [-0.4, -0.2) is 9.97 Å². The van der Waals surface area contributed by atoms with Gasteiger partial charge in [-0.1, -0.05) is 0 Å². The van der Waals surface area contributed by atoms with Crippen LogP contribution in [0.15, 0.2) is 21.6 Å². The summed E-state index contributed by atoms with van der Waals surface area (Å²) in [6, 6.07) is 1.97. The SMILES string of the molecule is O=c1[nH]c(-c2ccsc2)nc2c1CSC2. The van der Waals surface area contributed by atoms with E-state index in [9.17, 15) is 4.79 Å². The van der Waals surface area contributed by atoms with Gasteiger partial charge in [-0.25, -0.2) is 4.98 Å². The molecule has 3 nitrogen and oxygen atoms in total. The second-order valence-electron chi connectivity index (χ2n) is 3.34. The fourth-order valence-electron chi connectivity index (χ4n) is 1.60. The standard InChI is InChI=1S/C10H8N2OS2/c13-10-7-4-15-5-8(7)11-9(12-10)6-1-2-14-3-6/h1-3H,4-5H2,(H,11,12,13). The van der Waals surface area contributed by atoms with Gasteiger partial charge >= 0.3 is 0 Å². The molecule has 0 radical (unpaired) electrons. The Bertz CT molecular complexity index is 545. The Morgan fingerprint density at radius 1 is 1.40 bits per heavy atom. The van der Waals surface area contributed by atoms with Gasteiger partial charge in [0.25, 0.3) is 5.56 Å². The van der Waals surface area contributed by atoms with Gasteiger partial charge < -0.3 is 4.98 Å². The summed E-state index contributed by atoms with van der Waals surface area (Å²) in [6.45, 7) is 0. The summed E-state index contributed by atoms with van der Waals surface area (Å²) in [5.74, 6) is 2.35. The minimum absolute atomic E-state index is 0.0196. The highest BCUT2D eigenvalue weighted by Gasteiger charge is 2.17. The van der Waals surface area contributed by atoms with Crippen molar-refractivity contribution in [2.45, 2.75) is 11.5 Å². The fourth-order valence-corrected chi connectivity index (χ4v) is 3.27. The van der Waals surface area contributed by atoms with Crippen LogP contribution in [0.4, 0.5) is 0 Å². The predicted molar refractivity (Wildman–Crippen MR) is 63.2 cm³/mol. The Hall–Kier alpha value is -1.07. The first kappa shape index (κ1) is 9.18. The summed E-state index contributed by atoms with van der Waals surface area (Å²) in [5.41, 5.74) is 2.81. The van der Waals surface area contributed by atoms with Crippen LogP contribution in [0.5, 0.6) is 0 Å². The van der Waals surface area contributed by atoms with E-state index in [1.165, 1.54) is 0 Å². The number of nitrogens with one attached hydrogen (secondary N) is 1.